The van der Waals surface area contributed by atoms with E-state index in [-0.39, 0.29) is 0 Å². The SMILES string of the molecule is C1=CC=C[C@H]2C[C@H]2C=C1. The van der Waals surface area contributed by atoms with E-state index in [9.17, 15) is 0 Å². The summed E-state index contributed by atoms with van der Waals surface area (Å²) in [6.45, 7) is 0. The van der Waals surface area contributed by atoms with Crippen LogP contribution in [0, 0.1) is 11.8 Å². The fraction of sp³-hybridized carbons (Fsp3) is 0.333. The summed E-state index contributed by atoms with van der Waals surface area (Å²) < 4.78 is 0. The number of allylic oxidation sites excluding steroid dienone is 6. The zero-order valence-electron chi connectivity index (χ0n) is 5.33. The molecule has 2 aliphatic rings. The van der Waals surface area contributed by atoms with Gasteiger partial charge in [-0.1, -0.05) is 36.5 Å². The first-order chi connectivity index (χ1) is 4.47. The molecule has 0 spiro atoms. The molecule has 0 aromatic rings. The first-order valence-electron chi connectivity index (χ1n) is 3.48. The highest BCUT2D eigenvalue weighted by Crippen LogP contribution is 2.41. The third-order valence-electron chi connectivity index (χ3n) is 1.94. The van der Waals surface area contributed by atoms with Gasteiger partial charge >= 0.3 is 0 Å². The third-order valence-corrected chi connectivity index (χ3v) is 1.94. The molecule has 0 aromatic carbocycles. The summed E-state index contributed by atoms with van der Waals surface area (Å²) in [5.74, 6) is 1.73. The van der Waals surface area contributed by atoms with E-state index in [1.165, 1.54) is 6.42 Å². The van der Waals surface area contributed by atoms with E-state index in [1.54, 1.807) is 0 Å². The quantitative estimate of drug-likeness (QED) is 0.458. The van der Waals surface area contributed by atoms with E-state index in [2.05, 4.69) is 36.5 Å². The minimum Gasteiger partial charge on any atom is -0.0808 e. The second kappa shape index (κ2) is 1.87. The van der Waals surface area contributed by atoms with Crippen LogP contribution in [-0.2, 0) is 0 Å². The van der Waals surface area contributed by atoms with Gasteiger partial charge in [0.25, 0.3) is 0 Å². The maximum Gasteiger partial charge on any atom is -0.0161 e. The minimum atomic E-state index is 0.867. The fourth-order valence-corrected chi connectivity index (χ4v) is 1.22. The van der Waals surface area contributed by atoms with Crippen molar-refractivity contribution in [1.29, 1.82) is 0 Å². The van der Waals surface area contributed by atoms with Crippen LogP contribution in [0.2, 0.25) is 0 Å². The molecule has 0 unspecified atom stereocenters. The summed E-state index contributed by atoms with van der Waals surface area (Å²) in [7, 11) is 0. The van der Waals surface area contributed by atoms with Gasteiger partial charge in [0.1, 0.15) is 0 Å². The van der Waals surface area contributed by atoms with Crippen LogP contribution in [0.4, 0.5) is 0 Å². The fourth-order valence-electron chi connectivity index (χ4n) is 1.22. The zero-order valence-corrected chi connectivity index (χ0v) is 5.33. The van der Waals surface area contributed by atoms with Gasteiger partial charge in [-0.3, -0.25) is 0 Å². The van der Waals surface area contributed by atoms with Crippen molar-refractivity contribution in [3.63, 3.8) is 0 Å². The second-order valence-electron chi connectivity index (χ2n) is 2.72. The molecule has 9 heavy (non-hydrogen) atoms. The largest absolute Gasteiger partial charge is 0.0808 e. The smallest absolute Gasteiger partial charge is 0.0161 e. The molecule has 0 nitrogen and oxygen atoms in total. The van der Waals surface area contributed by atoms with Gasteiger partial charge in [-0.2, -0.15) is 0 Å². The molecule has 2 rings (SSSR count). The van der Waals surface area contributed by atoms with Crippen LogP contribution in [0.15, 0.2) is 36.5 Å². The van der Waals surface area contributed by atoms with Gasteiger partial charge in [-0.15, -0.1) is 0 Å². The van der Waals surface area contributed by atoms with Gasteiger partial charge in [0.2, 0.25) is 0 Å². The molecule has 46 valence electrons. The minimum absolute atomic E-state index is 0.867. The van der Waals surface area contributed by atoms with Crippen molar-refractivity contribution in [2.45, 2.75) is 6.42 Å². The van der Waals surface area contributed by atoms with E-state index in [0.717, 1.165) is 11.8 Å². The Hall–Kier alpha value is -0.780. The van der Waals surface area contributed by atoms with E-state index in [0.29, 0.717) is 0 Å². The van der Waals surface area contributed by atoms with Crippen LogP contribution >= 0.6 is 0 Å². The maximum absolute atomic E-state index is 2.30. The molecule has 2 atom stereocenters. The Bertz CT molecular complexity index is 164. The maximum atomic E-state index is 2.30. The van der Waals surface area contributed by atoms with Gasteiger partial charge in [0.05, 0.1) is 0 Å². The van der Waals surface area contributed by atoms with Crippen molar-refractivity contribution in [3.05, 3.63) is 36.5 Å². The topological polar surface area (TPSA) is 0 Å². The van der Waals surface area contributed by atoms with Crippen LogP contribution < -0.4 is 0 Å². The van der Waals surface area contributed by atoms with Crippen molar-refractivity contribution in [3.8, 4) is 0 Å². The average molecular weight is 118 g/mol. The Labute approximate surface area is 55.6 Å². The van der Waals surface area contributed by atoms with Gasteiger partial charge in [0.15, 0.2) is 0 Å². The Morgan fingerprint density at radius 1 is 0.778 bits per heavy atom. The first kappa shape index (κ1) is 5.04. The molecule has 0 heteroatoms. The molecular weight excluding hydrogens is 108 g/mol. The first-order valence-corrected chi connectivity index (χ1v) is 3.48. The van der Waals surface area contributed by atoms with Crippen molar-refractivity contribution in [2.24, 2.45) is 11.8 Å². The summed E-state index contributed by atoms with van der Waals surface area (Å²) in [5.41, 5.74) is 0. The molecule has 0 bridgehead atoms. The van der Waals surface area contributed by atoms with Crippen molar-refractivity contribution < 1.29 is 0 Å². The van der Waals surface area contributed by atoms with Crippen LogP contribution in [0.25, 0.3) is 0 Å². The number of hydrogen-bond donors (Lipinski definition) is 0. The Kier molecular flexibility index (Phi) is 1.05. The molecular formula is C9H10. The average Bonchev–Trinajstić information content (AvgIpc) is 2.46. The highest BCUT2D eigenvalue weighted by atomic mass is 14.4. The molecule has 0 amide bonds. The lowest BCUT2D eigenvalue weighted by Crippen LogP contribution is -1.72. The zero-order chi connectivity index (χ0) is 6.10. The van der Waals surface area contributed by atoms with Gasteiger partial charge in [-0.25, -0.2) is 0 Å². The molecule has 2 aliphatic carbocycles. The molecule has 0 saturated heterocycles. The summed E-state index contributed by atoms with van der Waals surface area (Å²) in [6, 6.07) is 0. The summed E-state index contributed by atoms with van der Waals surface area (Å²) in [6.07, 6.45) is 14.4. The van der Waals surface area contributed by atoms with Crippen molar-refractivity contribution in [2.75, 3.05) is 0 Å². The van der Waals surface area contributed by atoms with Crippen LogP contribution in [0.1, 0.15) is 6.42 Å². The molecule has 0 aromatic heterocycles. The van der Waals surface area contributed by atoms with E-state index in [1.807, 2.05) is 0 Å². The lowest BCUT2D eigenvalue weighted by atomic mass is 10.2. The highest BCUT2D eigenvalue weighted by molar-refractivity contribution is 5.21. The Morgan fingerprint density at radius 3 is 1.89 bits per heavy atom. The van der Waals surface area contributed by atoms with E-state index in [4.69, 9.17) is 0 Å². The van der Waals surface area contributed by atoms with Gasteiger partial charge in [-0.05, 0) is 18.3 Å². The van der Waals surface area contributed by atoms with E-state index >= 15 is 0 Å². The molecule has 1 saturated carbocycles. The lowest BCUT2D eigenvalue weighted by Gasteiger charge is -1.85. The second-order valence-corrected chi connectivity index (χ2v) is 2.72. The van der Waals surface area contributed by atoms with Crippen molar-refractivity contribution >= 4 is 0 Å². The van der Waals surface area contributed by atoms with Crippen LogP contribution in [0.5, 0.6) is 0 Å². The Morgan fingerprint density at radius 2 is 1.33 bits per heavy atom. The van der Waals surface area contributed by atoms with Gasteiger partial charge in [0, 0.05) is 0 Å². The molecule has 0 N–H and O–H groups in total. The lowest BCUT2D eigenvalue weighted by molar-refractivity contribution is 0.993. The van der Waals surface area contributed by atoms with E-state index < -0.39 is 0 Å². The van der Waals surface area contributed by atoms with Gasteiger partial charge < -0.3 is 0 Å². The number of rotatable bonds is 0. The molecule has 1 fully saturated rings. The van der Waals surface area contributed by atoms with Crippen LogP contribution in [0.3, 0.4) is 0 Å². The molecule has 0 heterocycles. The van der Waals surface area contributed by atoms with Crippen molar-refractivity contribution in [1.82, 2.24) is 0 Å². The normalized spacial score (nSPS) is 37.3. The monoisotopic (exact) mass is 118 g/mol. The molecule has 0 aliphatic heterocycles. The predicted octanol–water partition coefficient (Wildman–Crippen LogP) is 2.30. The standard InChI is InChI=1S/C9H10/c1-2-4-6-9-7-8(9)5-3-1/h1-6,8-9H,7H2/t8-,9+. The summed E-state index contributed by atoms with van der Waals surface area (Å²) in [4.78, 5) is 0. The Balaban J connectivity index is 2.19. The summed E-state index contributed by atoms with van der Waals surface area (Å²) >= 11 is 0. The van der Waals surface area contributed by atoms with Crippen LogP contribution in [-0.4, -0.2) is 0 Å². The highest BCUT2D eigenvalue weighted by Gasteiger charge is 2.31. The third kappa shape index (κ3) is 0.973. The summed E-state index contributed by atoms with van der Waals surface area (Å²) in [5, 5.41) is 0. The number of hydrogen-bond acceptors (Lipinski definition) is 0. The predicted molar refractivity (Wildman–Crippen MR) is 39.0 cm³/mol. The number of fused-ring (bicyclic) bond motifs is 1. The molecule has 0 radical (unpaired) electrons.